The normalized spacial score (nSPS) is 11.7. The van der Waals surface area contributed by atoms with E-state index in [0.29, 0.717) is 13.1 Å². The number of carbonyl (C=O) groups excluding carboxylic acids is 2. The van der Waals surface area contributed by atoms with Crippen molar-refractivity contribution in [3.05, 3.63) is 69.7 Å². The van der Waals surface area contributed by atoms with Gasteiger partial charge in [-0.2, -0.15) is 0 Å². The summed E-state index contributed by atoms with van der Waals surface area (Å²) >= 11 is 3.46. The van der Waals surface area contributed by atoms with Crippen LogP contribution in [-0.4, -0.2) is 29.3 Å². The smallest absolute Gasteiger partial charge is 0.242 e. The van der Waals surface area contributed by atoms with Gasteiger partial charge in [0.2, 0.25) is 11.8 Å². The fourth-order valence-electron chi connectivity index (χ4n) is 2.81. The Morgan fingerprint density at radius 1 is 1.15 bits per heavy atom. The number of aryl methyl sites for hydroxylation is 1. The molecule has 0 aromatic heterocycles. The van der Waals surface area contributed by atoms with Gasteiger partial charge in [-0.25, -0.2) is 0 Å². The molecule has 0 fully saturated rings. The van der Waals surface area contributed by atoms with Crippen LogP contribution in [0.1, 0.15) is 30.5 Å². The standard InChI is InChI=1S/C21H25BrN2O2/c1-4-23-21(26)16(3)24(14-17-9-7-11-19(22)12-17)20(25)13-18-10-6-5-8-15(18)2/h5-12,16H,4,13-14H2,1-3H3,(H,23,26). The van der Waals surface area contributed by atoms with E-state index in [1.165, 1.54) is 0 Å². The second-order valence-electron chi connectivity index (χ2n) is 6.33. The first kappa shape index (κ1) is 20.2. The summed E-state index contributed by atoms with van der Waals surface area (Å²) in [4.78, 5) is 27.0. The summed E-state index contributed by atoms with van der Waals surface area (Å²) in [6, 6.07) is 15.1. The Labute approximate surface area is 163 Å². The number of hydrogen-bond donors (Lipinski definition) is 1. The molecule has 0 saturated carbocycles. The van der Waals surface area contributed by atoms with Crippen LogP contribution in [-0.2, 0) is 22.6 Å². The molecule has 26 heavy (non-hydrogen) atoms. The summed E-state index contributed by atoms with van der Waals surface area (Å²) < 4.78 is 0.951. The molecule has 2 aromatic rings. The van der Waals surface area contributed by atoms with Crippen LogP contribution >= 0.6 is 15.9 Å². The molecule has 2 amide bonds. The predicted octanol–water partition coefficient (Wildman–Crippen LogP) is 3.85. The third kappa shape index (κ3) is 5.43. The molecule has 5 heteroatoms. The number of carbonyl (C=O) groups is 2. The number of halogens is 1. The van der Waals surface area contributed by atoms with Gasteiger partial charge in [-0.1, -0.05) is 52.3 Å². The lowest BCUT2D eigenvalue weighted by Gasteiger charge is -2.29. The van der Waals surface area contributed by atoms with Crippen LogP contribution in [0.15, 0.2) is 53.0 Å². The highest BCUT2D eigenvalue weighted by Crippen LogP contribution is 2.17. The van der Waals surface area contributed by atoms with Crippen LogP contribution in [0.2, 0.25) is 0 Å². The van der Waals surface area contributed by atoms with E-state index in [1.807, 2.05) is 62.4 Å². The maximum Gasteiger partial charge on any atom is 0.242 e. The van der Waals surface area contributed by atoms with E-state index < -0.39 is 6.04 Å². The quantitative estimate of drug-likeness (QED) is 0.744. The number of nitrogens with zero attached hydrogens (tertiary/aromatic N) is 1. The lowest BCUT2D eigenvalue weighted by molar-refractivity contribution is -0.140. The molecule has 0 aliphatic heterocycles. The molecule has 0 spiro atoms. The first-order valence-corrected chi connectivity index (χ1v) is 9.57. The second kappa shape index (κ2) is 9.53. The van der Waals surface area contributed by atoms with Crippen molar-refractivity contribution in [2.75, 3.05) is 6.54 Å². The van der Waals surface area contributed by atoms with Gasteiger partial charge in [-0.15, -0.1) is 0 Å². The summed E-state index contributed by atoms with van der Waals surface area (Å²) in [6.45, 7) is 6.58. The Balaban J connectivity index is 2.25. The van der Waals surface area contributed by atoms with Crippen molar-refractivity contribution in [1.29, 1.82) is 0 Å². The van der Waals surface area contributed by atoms with Gasteiger partial charge < -0.3 is 10.2 Å². The molecule has 2 aromatic carbocycles. The van der Waals surface area contributed by atoms with Gasteiger partial charge in [0, 0.05) is 17.6 Å². The van der Waals surface area contributed by atoms with Gasteiger partial charge in [-0.3, -0.25) is 9.59 Å². The van der Waals surface area contributed by atoms with Crippen LogP contribution in [0, 0.1) is 6.92 Å². The molecular formula is C21H25BrN2O2. The molecule has 0 bridgehead atoms. The summed E-state index contributed by atoms with van der Waals surface area (Å²) in [6.07, 6.45) is 0.282. The molecule has 138 valence electrons. The topological polar surface area (TPSA) is 49.4 Å². The Morgan fingerprint density at radius 3 is 2.54 bits per heavy atom. The van der Waals surface area contributed by atoms with Gasteiger partial charge >= 0.3 is 0 Å². The SMILES string of the molecule is CCNC(=O)C(C)N(Cc1cccc(Br)c1)C(=O)Cc1ccccc1C. The summed E-state index contributed by atoms with van der Waals surface area (Å²) in [5, 5.41) is 2.81. The van der Waals surface area contributed by atoms with Crippen molar-refractivity contribution in [2.45, 2.75) is 39.8 Å². The number of hydrogen-bond acceptors (Lipinski definition) is 2. The highest BCUT2D eigenvalue weighted by molar-refractivity contribution is 9.10. The minimum atomic E-state index is -0.537. The molecule has 2 rings (SSSR count). The van der Waals surface area contributed by atoms with E-state index in [9.17, 15) is 9.59 Å². The number of nitrogens with one attached hydrogen (secondary N) is 1. The molecule has 1 atom stereocenters. The van der Waals surface area contributed by atoms with E-state index in [1.54, 1.807) is 11.8 Å². The Bertz CT molecular complexity index is 776. The monoisotopic (exact) mass is 416 g/mol. The van der Waals surface area contributed by atoms with Crippen LogP contribution < -0.4 is 5.32 Å². The molecule has 1 unspecified atom stereocenters. The summed E-state index contributed by atoms with van der Waals surface area (Å²) in [5.74, 6) is -0.196. The molecule has 0 aliphatic carbocycles. The molecule has 0 heterocycles. The largest absolute Gasteiger partial charge is 0.355 e. The third-order valence-electron chi connectivity index (χ3n) is 4.36. The van der Waals surface area contributed by atoms with Crippen molar-refractivity contribution in [3.63, 3.8) is 0 Å². The van der Waals surface area contributed by atoms with Crippen molar-refractivity contribution in [1.82, 2.24) is 10.2 Å². The molecule has 4 nitrogen and oxygen atoms in total. The van der Waals surface area contributed by atoms with Gasteiger partial charge in [0.25, 0.3) is 0 Å². The fraction of sp³-hybridized carbons (Fsp3) is 0.333. The number of likely N-dealkylation sites (N-methyl/N-ethyl adjacent to an activating group) is 1. The maximum absolute atomic E-state index is 13.0. The molecular weight excluding hydrogens is 392 g/mol. The number of rotatable bonds is 7. The summed E-state index contributed by atoms with van der Waals surface area (Å²) in [5.41, 5.74) is 3.04. The van der Waals surface area contributed by atoms with Gasteiger partial charge in [0.05, 0.1) is 6.42 Å². The average Bonchev–Trinajstić information content (AvgIpc) is 2.61. The lowest BCUT2D eigenvalue weighted by atomic mass is 10.0. The Kier molecular flexibility index (Phi) is 7.39. The zero-order valence-corrected chi connectivity index (χ0v) is 17.0. The van der Waals surface area contributed by atoms with Gasteiger partial charge in [0.1, 0.15) is 6.04 Å². The highest BCUT2D eigenvalue weighted by atomic mass is 79.9. The minimum Gasteiger partial charge on any atom is -0.355 e. The van der Waals surface area contributed by atoms with Crippen molar-refractivity contribution in [2.24, 2.45) is 0 Å². The Hall–Kier alpha value is -2.14. The summed E-state index contributed by atoms with van der Waals surface area (Å²) in [7, 11) is 0. The van der Waals surface area contributed by atoms with Crippen LogP contribution in [0.3, 0.4) is 0 Å². The third-order valence-corrected chi connectivity index (χ3v) is 4.86. The minimum absolute atomic E-state index is 0.0574. The zero-order valence-electron chi connectivity index (χ0n) is 15.5. The Morgan fingerprint density at radius 2 is 1.88 bits per heavy atom. The van der Waals surface area contributed by atoms with Crippen molar-refractivity contribution in [3.8, 4) is 0 Å². The molecule has 0 saturated heterocycles. The van der Waals surface area contributed by atoms with Crippen LogP contribution in [0.5, 0.6) is 0 Å². The van der Waals surface area contributed by atoms with Crippen LogP contribution in [0.25, 0.3) is 0 Å². The number of amides is 2. The van der Waals surface area contributed by atoms with E-state index in [0.717, 1.165) is 21.2 Å². The van der Waals surface area contributed by atoms with Crippen molar-refractivity contribution >= 4 is 27.7 Å². The van der Waals surface area contributed by atoms with Gasteiger partial charge in [-0.05, 0) is 49.6 Å². The van der Waals surface area contributed by atoms with Crippen LogP contribution in [0.4, 0.5) is 0 Å². The van der Waals surface area contributed by atoms with E-state index in [4.69, 9.17) is 0 Å². The second-order valence-corrected chi connectivity index (χ2v) is 7.24. The fourth-order valence-corrected chi connectivity index (χ4v) is 3.26. The molecule has 0 aliphatic rings. The highest BCUT2D eigenvalue weighted by Gasteiger charge is 2.26. The van der Waals surface area contributed by atoms with Gasteiger partial charge in [0.15, 0.2) is 0 Å². The maximum atomic E-state index is 13.0. The average molecular weight is 417 g/mol. The number of benzene rings is 2. The first-order valence-electron chi connectivity index (χ1n) is 8.78. The van der Waals surface area contributed by atoms with Crippen molar-refractivity contribution < 1.29 is 9.59 Å². The van der Waals surface area contributed by atoms with E-state index in [2.05, 4.69) is 21.2 Å². The molecule has 0 radical (unpaired) electrons. The zero-order chi connectivity index (χ0) is 19.1. The van der Waals surface area contributed by atoms with E-state index >= 15 is 0 Å². The predicted molar refractivity (Wildman–Crippen MR) is 108 cm³/mol. The lowest BCUT2D eigenvalue weighted by Crippen LogP contribution is -2.48. The molecule has 1 N–H and O–H groups in total. The first-order chi connectivity index (χ1) is 12.4. The van der Waals surface area contributed by atoms with E-state index in [-0.39, 0.29) is 18.2 Å².